The van der Waals surface area contributed by atoms with Crippen LogP contribution in [0.2, 0.25) is 0 Å². The average Bonchev–Trinajstić information content (AvgIpc) is 3.23. The van der Waals surface area contributed by atoms with E-state index in [0.29, 0.717) is 11.6 Å². The maximum Gasteiger partial charge on any atom is 0.321 e. The average molecular weight is 432 g/mol. The van der Waals surface area contributed by atoms with Crippen LogP contribution in [0.4, 0.5) is 9.93 Å². The first kappa shape index (κ1) is 20.5. The summed E-state index contributed by atoms with van der Waals surface area (Å²) in [4.78, 5) is 16.9. The van der Waals surface area contributed by atoms with Crippen LogP contribution < -0.4 is 10.6 Å². The van der Waals surface area contributed by atoms with Crippen molar-refractivity contribution in [2.24, 2.45) is 28.6 Å². The van der Waals surface area contributed by atoms with Crippen molar-refractivity contribution >= 4 is 22.5 Å². The van der Waals surface area contributed by atoms with Gasteiger partial charge in [-0.1, -0.05) is 19.9 Å². The van der Waals surface area contributed by atoms with Crippen LogP contribution >= 0.6 is 11.3 Å². The zero-order chi connectivity index (χ0) is 21.3. The van der Waals surface area contributed by atoms with Gasteiger partial charge in [0.05, 0.1) is 12.2 Å². The number of rotatable bonds is 2. The summed E-state index contributed by atoms with van der Waals surface area (Å²) in [6.45, 7) is 8.66. The number of carbonyl (C=O) groups is 1. The van der Waals surface area contributed by atoms with Crippen molar-refractivity contribution in [3.63, 3.8) is 0 Å². The molecular weight excluding hydrogens is 398 g/mol. The van der Waals surface area contributed by atoms with Crippen molar-refractivity contribution in [1.82, 2.24) is 10.3 Å². The predicted octanol–water partition coefficient (Wildman–Crippen LogP) is 3.93. The van der Waals surface area contributed by atoms with Crippen molar-refractivity contribution in [3.05, 3.63) is 23.7 Å². The Kier molecular flexibility index (Phi) is 4.62. The summed E-state index contributed by atoms with van der Waals surface area (Å²) in [6.07, 6.45) is 7.18. The van der Waals surface area contributed by atoms with Crippen LogP contribution in [0.3, 0.4) is 0 Å². The molecule has 5 rings (SSSR count). The monoisotopic (exact) mass is 431 g/mol. The maximum absolute atomic E-state index is 12.8. The molecule has 30 heavy (non-hydrogen) atoms. The lowest BCUT2D eigenvalue weighted by Gasteiger charge is -2.65. The van der Waals surface area contributed by atoms with Gasteiger partial charge in [0.15, 0.2) is 5.13 Å². The van der Waals surface area contributed by atoms with E-state index in [9.17, 15) is 15.0 Å². The second-order valence-corrected chi connectivity index (χ2v) is 11.6. The molecule has 1 aromatic heterocycles. The largest absolute Gasteiger partial charge is 0.393 e. The highest BCUT2D eigenvalue weighted by atomic mass is 32.1. The molecule has 4 aliphatic carbocycles. The molecule has 0 saturated heterocycles. The Balaban J connectivity index is 1.44. The quantitative estimate of drug-likeness (QED) is 0.534. The first-order valence-electron chi connectivity index (χ1n) is 11.2. The third-order valence-corrected chi connectivity index (χ3v) is 9.90. The summed E-state index contributed by atoms with van der Waals surface area (Å²) >= 11 is 1.40. The van der Waals surface area contributed by atoms with Gasteiger partial charge >= 0.3 is 6.03 Å². The van der Waals surface area contributed by atoms with Crippen molar-refractivity contribution in [3.8, 4) is 0 Å². The molecule has 8 atom stereocenters. The number of anilines is 1. The van der Waals surface area contributed by atoms with Gasteiger partial charge in [0.2, 0.25) is 0 Å². The number of nitrogens with one attached hydrogen (secondary N) is 2. The van der Waals surface area contributed by atoms with E-state index in [0.717, 1.165) is 44.1 Å². The van der Waals surface area contributed by atoms with Crippen LogP contribution in [0.1, 0.15) is 58.8 Å². The molecular formula is C23H33N3O3S. The van der Waals surface area contributed by atoms with Crippen LogP contribution in [0.5, 0.6) is 0 Å². The lowest BCUT2D eigenvalue weighted by Crippen LogP contribution is -2.67. The van der Waals surface area contributed by atoms with Crippen LogP contribution in [0, 0.1) is 28.6 Å². The fourth-order valence-corrected chi connectivity index (χ4v) is 8.82. The van der Waals surface area contributed by atoms with Gasteiger partial charge in [-0.2, -0.15) is 0 Å². The van der Waals surface area contributed by atoms with Crippen molar-refractivity contribution in [2.45, 2.75) is 76.5 Å². The van der Waals surface area contributed by atoms with Crippen LogP contribution in [0.15, 0.2) is 23.7 Å². The van der Waals surface area contributed by atoms with Crippen LogP contribution in [-0.2, 0) is 0 Å². The fraction of sp³-hybridized carbons (Fsp3) is 0.739. The van der Waals surface area contributed by atoms with Gasteiger partial charge in [-0.3, -0.25) is 5.32 Å². The summed E-state index contributed by atoms with van der Waals surface area (Å²) in [5, 5.41) is 31.1. The third kappa shape index (κ3) is 2.74. The zero-order valence-corrected chi connectivity index (χ0v) is 18.7. The SMILES string of the molecule is C=C1[C@H]2C[C@H](O)[C@H]3[C@]4(C)CCC[C@@](C)(NC(=O)Nc5nccs5)[C@H]4CC[C@]3(C2)[C@@H]1O. The molecule has 1 heterocycles. The fourth-order valence-electron chi connectivity index (χ4n) is 8.30. The number of urea groups is 1. The van der Waals surface area contributed by atoms with Gasteiger partial charge in [0, 0.05) is 22.5 Å². The highest BCUT2D eigenvalue weighted by Gasteiger charge is 2.69. The molecule has 0 unspecified atom stereocenters. The van der Waals surface area contributed by atoms with E-state index < -0.39 is 12.2 Å². The van der Waals surface area contributed by atoms with Crippen LogP contribution in [-0.4, -0.2) is 39.0 Å². The molecule has 164 valence electrons. The van der Waals surface area contributed by atoms with Crippen LogP contribution in [0.25, 0.3) is 0 Å². The molecule has 1 aromatic rings. The van der Waals surface area contributed by atoms with Gasteiger partial charge in [-0.15, -0.1) is 11.3 Å². The molecule has 4 fully saturated rings. The van der Waals surface area contributed by atoms with Gasteiger partial charge in [0.1, 0.15) is 0 Å². The molecule has 7 heteroatoms. The molecule has 2 amide bonds. The molecule has 0 aliphatic heterocycles. The summed E-state index contributed by atoms with van der Waals surface area (Å²) in [5.41, 5.74) is 0.188. The summed E-state index contributed by atoms with van der Waals surface area (Å²) in [6, 6.07) is -0.212. The second-order valence-electron chi connectivity index (χ2n) is 10.7. The third-order valence-electron chi connectivity index (χ3n) is 9.21. The Bertz CT molecular complexity index is 860. The minimum absolute atomic E-state index is 0.0395. The lowest BCUT2D eigenvalue weighted by atomic mass is 9.41. The highest BCUT2D eigenvalue weighted by molar-refractivity contribution is 7.13. The number of aliphatic hydroxyl groups is 2. The van der Waals surface area contributed by atoms with Gasteiger partial charge in [-0.25, -0.2) is 9.78 Å². The molecule has 4 N–H and O–H groups in total. The topological polar surface area (TPSA) is 94.5 Å². The first-order valence-corrected chi connectivity index (χ1v) is 12.1. The summed E-state index contributed by atoms with van der Waals surface area (Å²) in [5.74, 6) is 0.532. The van der Waals surface area contributed by atoms with E-state index in [1.54, 1.807) is 6.20 Å². The van der Waals surface area contributed by atoms with Crippen molar-refractivity contribution < 1.29 is 15.0 Å². The van der Waals surface area contributed by atoms with E-state index in [1.807, 2.05) is 5.38 Å². The molecule has 1 spiro atoms. The number of thiazole rings is 1. The van der Waals surface area contributed by atoms with Crippen molar-refractivity contribution in [2.75, 3.05) is 5.32 Å². The van der Waals surface area contributed by atoms with E-state index >= 15 is 0 Å². The Hall–Kier alpha value is -1.44. The van der Waals surface area contributed by atoms with Crippen molar-refractivity contribution in [1.29, 1.82) is 0 Å². The standard InChI is InChI=1S/C23H33N3O3S/c1-13-14-11-15(27)17-21(2)6-4-7-22(3,26-19(29)25-20-24-9-10-30-20)16(21)5-8-23(17,12-14)18(13)28/h9-10,14-18,27-28H,1,4-8,11-12H2,2-3H3,(H2,24,25,26,29)/t14-,15-,16-,17-,18+,21+,22+,23+/m0/s1. The molecule has 2 bridgehead atoms. The summed E-state index contributed by atoms with van der Waals surface area (Å²) in [7, 11) is 0. The zero-order valence-electron chi connectivity index (χ0n) is 17.9. The number of carbonyl (C=O) groups excluding carboxylic acids is 1. The number of hydrogen-bond acceptors (Lipinski definition) is 5. The predicted molar refractivity (Wildman–Crippen MR) is 117 cm³/mol. The smallest absolute Gasteiger partial charge is 0.321 e. The Labute approximate surface area is 182 Å². The van der Waals surface area contributed by atoms with Gasteiger partial charge < -0.3 is 15.5 Å². The minimum Gasteiger partial charge on any atom is -0.393 e. The Morgan fingerprint density at radius 1 is 1.30 bits per heavy atom. The highest BCUT2D eigenvalue weighted by Crippen LogP contribution is 2.70. The summed E-state index contributed by atoms with van der Waals surface area (Å²) < 4.78 is 0. The van der Waals surface area contributed by atoms with E-state index in [-0.39, 0.29) is 40.2 Å². The molecule has 4 saturated carbocycles. The number of amides is 2. The Morgan fingerprint density at radius 3 is 2.83 bits per heavy atom. The van der Waals surface area contributed by atoms with Gasteiger partial charge in [-0.05, 0) is 74.2 Å². The number of nitrogens with zero attached hydrogens (tertiary/aromatic N) is 1. The number of aliphatic hydroxyl groups excluding tert-OH is 2. The van der Waals surface area contributed by atoms with E-state index in [2.05, 4.69) is 36.0 Å². The molecule has 4 aliphatic rings. The number of fused-ring (bicyclic) bond motifs is 3. The maximum atomic E-state index is 12.8. The number of aromatic nitrogens is 1. The first-order chi connectivity index (χ1) is 14.2. The van der Waals surface area contributed by atoms with E-state index in [1.165, 1.54) is 11.3 Å². The Morgan fingerprint density at radius 2 is 2.10 bits per heavy atom. The normalized spacial score (nSPS) is 47.3. The second kappa shape index (κ2) is 6.78. The number of hydrogen-bond donors (Lipinski definition) is 4. The van der Waals surface area contributed by atoms with Gasteiger partial charge in [0.25, 0.3) is 0 Å². The molecule has 6 nitrogen and oxygen atoms in total. The van der Waals surface area contributed by atoms with E-state index in [4.69, 9.17) is 0 Å². The minimum atomic E-state index is -0.517. The molecule has 0 radical (unpaired) electrons. The lowest BCUT2D eigenvalue weighted by molar-refractivity contribution is -0.195. The molecule has 0 aromatic carbocycles.